The SMILES string of the molecule is CCCCCCC(C(=O)O)C(C(=O)O)(c1ccccc1)c1ccccc1. The minimum Gasteiger partial charge on any atom is -0.481 e. The summed E-state index contributed by atoms with van der Waals surface area (Å²) in [5, 5.41) is 20.3. The Hall–Kier alpha value is -2.62. The first-order valence-electron chi connectivity index (χ1n) is 9.12. The van der Waals surface area contributed by atoms with Crippen molar-refractivity contribution in [1.82, 2.24) is 0 Å². The first-order chi connectivity index (χ1) is 12.5. The number of hydrogen-bond donors (Lipinski definition) is 2. The van der Waals surface area contributed by atoms with Crippen molar-refractivity contribution in [3.63, 3.8) is 0 Å². The van der Waals surface area contributed by atoms with Gasteiger partial charge in [-0.05, 0) is 17.5 Å². The molecular formula is C22H26O4. The van der Waals surface area contributed by atoms with E-state index in [0.29, 0.717) is 24.0 Å². The van der Waals surface area contributed by atoms with Crippen molar-refractivity contribution in [2.24, 2.45) is 5.92 Å². The summed E-state index contributed by atoms with van der Waals surface area (Å²) in [5.74, 6) is -3.24. The van der Waals surface area contributed by atoms with Gasteiger partial charge >= 0.3 is 11.9 Å². The second-order valence-corrected chi connectivity index (χ2v) is 6.59. The molecule has 0 heterocycles. The van der Waals surface area contributed by atoms with E-state index in [2.05, 4.69) is 6.92 Å². The zero-order valence-electron chi connectivity index (χ0n) is 15.1. The van der Waals surface area contributed by atoms with Crippen molar-refractivity contribution < 1.29 is 19.8 Å². The molecule has 4 nitrogen and oxygen atoms in total. The number of rotatable bonds is 10. The normalized spacial score (nSPS) is 12.5. The van der Waals surface area contributed by atoms with Crippen LogP contribution in [0.3, 0.4) is 0 Å². The van der Waals surface area contributed by atoms with Crippen LogP contribution in [-0.4, -0.2) is 22.2 Å². The molecule has 0 radical (unpaired) electrons. The Balaban J connectivity index is 2.60. The van der Waals surface area contributed by atoms with Crippen molar-refractivity contribution in [2.45, 2.75) is 44.4 Å². The third-order valence-corrected chi connectivity index (χ3v) is 4.96. The Morgan fingerprint density at radius 2 is 1.35 bits per heavy atom. The van der Waals surface area contributed by atoms with E-state index in [-0.39, 0.29) is 0 Å². The highest BCUT2D eigenvalue weighted by Crippen LogP contribution is 2.42. The van der Waals surface area contributed by atoms with E-state index in [1.165, 1.54) is 0 Å². The second kappa shape index (κ2) is 9.18. The molecule has 138 valence electrons. The summed E-state index contributed by atoms with van der Waals surface area (Å²) in [4.78, 5) is 24.8. The third-order valence-electron chi connectivity index (χ3n) is 4.96. The van der Waals surface area contributed by atoms with Crippen LogP contribution in [0.25, 0.3) is 0 Å². The number of carboxylic acid groups (broad SMARTS) is 2. The molecule has 0 saturated heterocycles. The monoisotopic (exact) mass is 354 g/mol. The number of aliphatic carboxylic acids is 2. The van der Waals surface area contributed by atoms with E-state index in [0.717, 1.165) is 19.3 Å². The molecule has 1 atom stereocenters. The smallest absolute Gasteiger partial charge is 0.319 e. The molecule has 2 aromatic rings. The summed E-state index contributed by atoms with van der Waals surface area (Å²) in [7, 11) is 0. The minimum absolute atomic E-state index is 0.325. The Kier molecular flexibility index (Phi) is 6.96. The average molecular weight is 354 g/mol. The van der Waals surface area contributed by atoms with Crippen molar-refractivity contribution in [3.05, 3.63) is 71.8 Å². The van der Waals surface area contributed by atoms with Gasteiger partial charge in [-0.15, -0.1) is 0 Å². The first kappa shape index (κ1) is 19.7. The molecule has 4 heteroatoms. The lowest BCUT2D eigenvalue weighted by molar-refractivity contribution is -0.154. The van der Waals surface area contributed by atoms with Gasteiger partial charge in [0.25, 0.3) is 0 Å². The van der Waals surface area contributed by atoms with Gasteiger partial charge in [0.1, 0.15) is 5.41 Å². The van der Waals surface area contributed by atoms with E-state index in [4.69, 9.17) is 0 Å². The van der Waals surface area contributed by atoms with Crippen LogP contribution in [0.15, 0.2) is 60.7 Å². The minimum atomic E-state index is -1.61. The number of unbranched alkanes of at least 4 members (excludes halogenated alkanes) is 3. The molecule has 0 aliphatic heterocycles. The summed E-state index contributed by atoms with van der Waals surface area (Å²) >= 11 is 0. The van der Waals surface area contributed by atoms with E-state index < -0.39 is 23.3 Å². The zero-order chi connectivity index (χ0) is 19.0. The van der Waals surface area contributed by atoms with Crippen LogP contribution < -0.4 is 0 Å². The molecule has 0 saturated carbocycles. The lowest BCUT2D eigenvalue weighted by atomic mass is 9.64. The molecule has 2 N–H and O–H groups in total. The van der Waals surface area contributed by atoms with Crippen LogP contribution in [0, 0.1) is 5.92 Å². The van der Waals surface area contributed by atoms with Gasteiger partial charge in [0.2, 0.25) is 0 Å². The van der Waals surface area contributed by atoms with Gasteiger partial charge in [-0.25, -0.2) is 0 Å². The van der Waals surface area contributed by atoms with E-state index in [1.807, 2.05) is 0 Å². The molecule has 1 unspecified atom stereocenters. The van der Waals surface area contributed by atoms with Gasteiger partial charge in [-0.2, -0.15) is 0 Å². The summed E-state index contributed by atoms with van der Waals surface area (Å²) in [5.41, 5.74) is -0.608. The molecule has 0 amide bonds. The lowest BCUT2D eigenvalue weighted by Crippen LogP contribution is -2.47. The summed E-state index contributed by atoms with van der Waals surface area (Å²) in [6, 6.07) is 17.5. The molecule has 0 bridgehead atoms. The molecule has 26 heavy (non-hydrogen) atoms. The first-order valence-corrected chi connectivity index (χ1v) is 9.12. The zero-order valence-corrected chi connectivity index (χ0v) is 15.1. The fourth-order valence-electron chi connectivity index (χ4n) is 3.67. The molecule has 2 rings (SSSR count). The van der Waals surface area contributed by atoms with Crippen molar-refractivity contribution >= 4 is 11.9 Å². The third kappa shape index (κ3) is 3.96. The molecule has 0 aliphatic rings. The van der Waals surface area contributed by atoms with Crippen LogP contribution in [0.1, 0.15) is 50.2 Å². The summed E-state index contributed by atoms with van der Waals surface area (Å²) in [6.07, 6.45) is 3.98. The molecule has 2 aromatic carbocycles. The van der Waals surface area contributed by atoms with E-state index >= 15 is 0 Å². The quantitative estimate of drug-likeness (QED) is 0.605. The predicted molar refractivity (Wildman–Crippen MR) is 101 cm³/mol. The van der Waals surface area contributed by atoms with E-state index in [1.54, 1.807) is 60.7 Å². The summed E-state index contributed by atoms with van der Waals surface area (Å²) < 4.78 is 0. The maximum absolute atomic E-state index is 12.6. The number of carboxylic acids is 2. The predicted octanol–water partition coefficient (Wildman–Crippen LogP) is 4.73. The maximum Gasteiger partial charge on any atom is 0.319 e. The maximum atomic E-state index is 12.6. The molecule has 0 aliphatic carbocycles. The van der Waals surface area contributed by atoms with Crippen LogP contribution in [0.4, 0.5) is 0 Å². The van der Waals surface area contributed by atoms with Gasteiger partial charge in [-0.3, -0.25) is 9.59 Å². The largest absolute Gasteiger partial charge is 0.481 e. The van der Waals surface area contributed by atoms with Crippen molar-refractivity contribution in [3.8, 4) is 0 Å². The fraction of sp³-hybridized carbons (Fsp3) is 0.364. The van der Waals surface area contributed by atoms with Gasteiger partial charge in [0.15, 0.2) is 0 Å². The highest BCUT2D eigenvalue weighted by atomic mass is 16.4. The highest BCUT2D eigenvalue weighted by Gasteiger charge is 2.52. The van der Waals surface area contributed by atoms with Crippen molar-refractivity contribution in [1.29, 1.82) is 0 Å². The van der Waals surface area contributed by atoms with Gasteiger partial charge in [-0.1, -0.05) is 93.3 Å². The van der Waals surface area contributed by atoms with Gasteiger partial charge in [0.05, 0.1) is 5.92 Å². The highest BCUT2D eigenvalue weighted by molar-refractivity contribution is 5.92. The molecule has 0 fully saturated rings. The summed E-state index contributed by atoms with van der Waals surface area (Å²) in [6.45, 7) is 2.09. The Bertz CT molecular complexity index is 670. The Morgan fingerprint density at radius 1 is 0.846 bits per heavy atom. The Morgan fingerprint density at radius 3 is 1.73 bits per heavy atom. The standard InChI is InChI=1S/C22H26O4/c1-2-3-4-11-16-19(20(23)24)22(21(25)26,17-12-7-5-8-13-17)18-14-9-6-10-15-18/h5-10,12-15,19H,2-4,11,16H2,1H3,(H,23,24)(H,25,26). The number of carbonyl (C=O) groups is 2. The van der Waals surface area contributed by atoms with Crippen LogP contribution >= 0.6 is 0 Å². The Labute approximate surface area is 154 Å². The van der Waals surface area contributed by atoms with Crippen LogP contribution in [-0.2, 0) is 15.0 Å². The topological polar surface area (TPSA) is 74.6 Å². The average Bonchev–Trinajstić information content (AvgIpc) is 2.65. The van der Waals surface area contributed by atoms with Gasteiger partial charge in [0, 0.05) is 0 Å². The fourth-order valence-corrected chi connectivity index (χ4v) is 3.67. The molecule has 0 aromatic heterocycles. The van der Waals surface area contributed by atoms with Crippen LogP contribution in [0.2, 0.25) is 0 Å². The number of benzene rings is 2. The lowest BCUT2D eigenvalue weighted by Gasteiger charge is -2.36. The second-order valence-electron chi connectivity index (χ2n) is 6.59. The molecular weight excluding hydrogens is 328 g/mol. The van der Waals surface area contributed by atoms with E-state index in [9.17, 15) is 19.8 Å². The van der Waals surface area contributed by atoms with Crippen LogP contribution in [0.5, 0.6) is 0 Å². The van der Waals surface area contributed by atoms with Gasteiger partial charge < -0.3 is 10.2 Å². The number of hydrogen-bond acceptors (Lipinski definition) is 2. The van der Waals surface area contributed by atoms with Crippen molar-refractivity contribution in [2.75, 3.05) is 0 Å². The molecule has 0 spiro atoms.